The molecule has 1 atom stereocenters. The van der Waals surface area contributed by atoms with Gasteiger partial charge in [-0.1, -0.05) is 55.5 Å². The van der Waals surface area contributed by atoms with Crippen LogP contribution in [0.5, 0.6) is 0 Å². The Labute approximate surface area is 201 Å². The van der Waals surface area contributed by atoms with Gasteiger partial charge in [0.2, 0.25) is 0 Å². The number of carbonyl (C=O) groups excluding carboxylic acids is 1. The number of hydrogen-bond donors (Lipinski definition) is 1. The molecule has 0 aliphatic carbocycles. The number of aromatic nitrogens is 1. The SMILES string of the molecule is CCc1ccccc1NC(=O)N1Cc2ccccc2-n2cccc2[C@H]1c1ccc(N(C)C)cc1. The van der Waals surface area contributed by atoms with Crippen molar-refractivity contribution in [3.8, 4) is 5.69 Å². The summed E-state index contributed by atoms with van der Waals surface area (Å²) in [4.78, 5) is 17.9. The monoisotopic (exact) mass is 450 g/mol. The van der Waals surface area contributed by atoms with Crippen LogP contribution >= 0.6 is 0 Å². The fourth-order valence-electron chi connectivity index (χ4n) is 4.78. The highest BCUT2D eigenvalue weighted by atomic mass is 16.2. The van der Waals surface area contributed by atoms with Crippen molar-refractivity contribution in [2.45, 2.75) is 25.9 Å². The van der Waals surface area contributed by atoms with Gasteiger partial charge in [0.05, 0.1) is 18.3 Å². The van der Waals surface area contributed by atoms with Gasteiger partial charge in [-0.25, -0.2) is 4.79 Å². The smallest absolute Gasteiger partial charge is 0.322 e. The molecule has 0 bridgehead atoms. The maximum absolute atomic E-state index is 13.9. The van der Waals surface area contributed by atoms with E-state index in [-0.39, 0.29) is 12.1 Å². The third kappa shape index (κ3) is 3.94. The minimum Gasteiger partial charge on any atom is -0.378 e. The van der Waals surface area contributed by atoms with Crippen LogP contribution in [0.4, 0.5) is 16.2 Å². The molecule has 2 heterocycles. The van der Waals surface area contributed by atoms with Crippen molar-refractivity contribution in [2.24, 2.45) is 0 Å². The molecule has 34 heavy (non-hydrogen) atoms. The molecule has 0 saturated heterocycles. The second kappa shape index (κ2) is 9.10. The van der Waals surface area contributed by atoms with E-state index in [2.05, 4.69) is 88.6 Å². The average Bonchev–Trinajstić information content (AvgIpc) is 3.28. The highest BCUT2D eigenvalue weighted by Gasteiger charge is 2.33. The summed E-state index contributed by atoms with van der Waals surface area (Å²) in [6.45, 7) is 2.62. The summed E-state index contributed by atoms with van der Waals surface area (Å²) in [7, 11) is 4.07. The number of nitrogens with zero attached hydrogens (tertiary/aromatic N) is 3. The molecular formula is C29H30N4O. The Morgan fingerprint density at radius 3 is 2.44 bits per heavy atom. The first-order valence-electron chi connectivity index (χ1n) is 11.7. The molecule has 4 aromatic rings. The molecule has 0 unspecified atom stereocenters. The number of para-hydroxylation sites is 2. The third-order valence-corrected chi connectivity index (χ3v) is 6.59. The molecule has 0 spiro atoms. The van der Waals surface area contributed by atoms with Crippen molar-refractivity contribution in [3.63, 3.8) is 0 Å². The van der Waals surface area contributed by atoms with Crippen molar-refractivity contribution in [2.75, 3.05) is 24.3 Å². The average molecular weight is 451 g/mol. The second-order valence-corrected chi connectivity index (χ2v) is 8.89. The van der Waals surface area contributed by atoms with Crippen molar-refractivity contribution in [1.82, 2.24) is 9.47 Å². The number of anilines is 2. The zero-order chi connectivity index (χ0) is 23.7. The van der Waals surface area contributed by atoms with Crippen LogP contribution in [0.3, 0.4) is 0 Å². The number of amides is 2. The lowest BCUT2D eigenvalue weighted by Crippen LogP contribution is -2.38. The third-order valence-electron chi connectivity index (χ3n) is 6.59. The van der Waals surface area contributed by atoms with Crippen LogP contribution < -0.4 is 10.2 Å². The van der Waals surface area contributed by atoms with Crippen LogP contribution in [0.2, 0.25) is 0 Å². The molecule has 1 aliphatic rings. The lowest BCUT2D eigenvalue weighted by Gasteiger charge is -2.31. The lowest BCUT2D eigenvalue weighted by atomic mass is 10.0. The predicted octanol–water partition coefficient (Wildman–Crippen LogP) is 6.24. The van der Waals surface area contributed by atoms with Gasteiger partial charge in [-0.2, -0.15) is 0 Å². The van der Waals surface area contributed by atoms with E-state index in [9.17, 15) is 4.79 Å². The molecule has 1 aliphatic heterocycles. The summed E-state index contributed by atoms with van der Waals surface area (Å²) >= 11 is 0. The topological polar surface area (TPSA) is 40.5 Å². The number of hydrogen-bond acceptors (Lipinski definition) is 2. The lowest BCUT2D eigenvalue weighted by molar-refractivity contribution is 0.194. The second-order valence-electron chi connectivity index (χ2n) is 8.89. The summed E-state index contributed by atoms with van der Waals surface area (Å²) in [5, 5.41) is 3.21. The van der Waals surface area contributed by atoms with Crippen molar-refractivity contribution < 1.29 is 4.79 Å². The maximum Gasteiger partial charge on any atom is 0.322 e. The number of rotatable bonds is 4. The highest BCUT2D eigenvalue weighted by Crippen LogP contribution is 2.37. The zero-order valence-electron chi connectivity index (χ0n) is 19.9. The van der Waals surface area contributed by atoms with Crippen LogP contribution in [-0.4, -0.2) is 29.6 Å². The van der Waals surface area contributed by atoms with E-state index in [1.807, 2.05) is 43.3 Å². The Bertz CT molecular complexity index is 1310. The van der Waals surface area contributed by atoms with Gasteiger partial charge in [-0.15, -0.1) is 0 Å². The molecule has 5 nitrogen and oxygen atoms in total. The Kier molecular flexibility index (Phi) is 5.84. The van der Waals surface area contributed by atoms with Gasteiger partial charge in [-0.3, -0.25) is 0 Å². The van der Waals surface area contributed by atoms with E-state index in [4.69, 9.17) is 0 Å². The number of benzene rings is 3. The van der Waals surface area contributed by atoms with Crippen molar-refractivity contribution in [3.05, 3.63) is 114 Å². The van der Waals surface area contributed by atoms with E-state index in [0.717, 1.165) is 45.9 Å². The van der Waals surface area contributed by atoms with Crippen LogP contribution in [0.15, 0.2) is 91.1 Å². The van der Waals surface area contributed by atoms with Crippen LogP contribution in [0.25, 0.3) is 5.69 Å². The van der Waals surface area contributed by atoms with Crippen LogP contribution in [0.1, 0.15) is 35.3 Å². The molecule has 172 valence electrons. The molecular weight excluding hydrogens is 420 g/mol. The quantitative estimate of drug-likeness (QED) is 0.400. The first-order valence-corrected chi connectivity index (χ1v) is 11.7. The Balaban J connectivity index is 1.62. The molecule has 3 aromatic carbocycles. The summed E-state index contributed by atoms with van der Waals surface area (Å²) in [5.74, 6) is 0. The summed E-state index contributed by atoms with van der Waals surface area (Å²) in [6, 6.07) is 28.7. The summed E-state index contributed by atoms with van der Waals surface area (Å²) in [5.41, 5.74) is 7.50. The predicted molar refractivity (Wildman–Crippen MR) is 139 cm³/mol. The fourth-order valence-corrected chi connectivity index (χ4v) is 4.78. The number of nitrogens with one attached hydrogen (secondary N) is 1. The fraction of sp³-hybridized carbons (Fsp3) is 0.207. The largest absolute Gasteiger partial charge is 0.378 e. The van der Waals surface area contributed by atoms with E-state index in [1.54, 1.807) is 0 Å². The van der Waals surface area contributed by atoms with Crippen molar-refractivity contribution in [1.29, 1.82) is 0 Å². The van der Waals surface area contributed by atoms with Gasteiger partial charge in [0.25, 0.3) is 0 Å². The van der Waals surface area contributed by atoms with E-state index >= 15 is 0 Å². The molecule has 5 heteroatoms. The van der Waals surface area contributed by atoms with Gasteiger partial charge in [0.1, 0.15) is 0 Å². The van der Waals surface area contributed by atoms with Gasteiger partial charge in [0.15, 0.2) is 0 Å². The summed E-state index contributed by atoms with van der Waals surface area (Å²) in [6.07, 6.45) is 2.95. The van der Waals surface area contributed by atoms with E-state index in [0.29, 0.717) is 6.54 Å². The zero-order valence-corrected chi connectivity index (χ0v) is 19.9. The van der Waals surface area contributed by atoms with Gasteiger partial charge >= 0.3 is 6.03 Å². The maximum atomic E-state index is 13.9. The Hall–Kier alpha value is -3.99. The molecule has 2 amide bonds. The van der Waals surface area contributed by atoms with Crippen LogP contribution in [0, 0.1) is 0 Å². The van der Waals surface area contributed by atoms with Gasteiger partial charge in [-0.05, 0) is 59.5 Å². The number of carbonyl (C=O) groups is 1. The first-order chi connectivity index (χ1) is 16.6. The minimum absolute atomic E-state index is 0.105. The van der Waals surface area contributed by atoms with E-state index in [1.165, 1.54) is 0 Å². The highest BCUT2D eigenvalue weighted by molar-refractivity contribution is 5.91. The Morgan fingerprint density at radius 1 is 0.941 bits per heavy atom. The molecule has 0 saturated carbocycles. The summed E-state index contributed by atoms with van der Waals surface area (Å²) < 4.78 is 2.22. The normalized spacial score (nSPS) is 14.7. The van der Waals surface area contributed by atoms with E-state index < -0.39 is 0 Å². The molecule has 0 fully saturated rings. The van der Waals surface area contributed by atoms with Gasteiger partial charge < -0.3 is 19.7 Å². The van der Waals surface area contributed by atoms with Gasteiger partial charge in [0, 0.05) is 37.4 Å². The van der Waals surface area contributed by atoms with Crippen molar-refractivity contribution >= 4 is 17.4 Å². The number of urea groups is 1. The first kappa shape index (κ1) is 21.8. The number of aryl methyl sites for hydroxylation is 1. The Morgan fingerprint density at radius 2 is 1.68 bits per heavy atom. The minimum atomic E-state index is -0.229. The molecule has 1 N–H and O–H groups in total. The van der Waals surface area contributed by atoms with Crippen LogP contribution in [-0.2, 0) is 13.0 Å². The molecule has 5 rings (SSSR count). The molecule has 1 aromatic heterocycles. The standard InChI is InChI=1S/C29H30N4O/c1-4-21-10-5-7-12-25(21)30-29(34)33-20-23-11-6-8-13-26(23)32-19-9-14-27(32)28(33)22-15-17-24(18-16-22)31(2)3/h5-19,28H,4,20H2,1-3H3,(H,30,34)/t28-/m1/s1. The molecule has 0 radical (unpaired) electrons. The number of fused-ring (bicyclic) bond motifs is 3.